The number of pyridine rings is 1. The number of carbonyl (C=O) groups is 1. The first-order valence-corrected chi connectivity index (χ1v) is 7.66. The third-order valence-electron chi connectivity index (χ3n) is 3.62. The summed E-state index contributed by atoms with van der Waals surface area (Å²) >= 11 is 0. The predicted octanol–water partition coefficient (Wildman–Crippen LogP) is 4.37. The number of para-hydroxylation sites is 1. The molecule has 1 aromatic heterocycles. The summed E-state index contributed by atoms with van der Waals surface area (Å²) in [6.45, 7) is 0. The standard InChI is InChI=1S/C19H11F3N4O/c20-13-5-6-15(18(22)17(13)21)25-16-9-11(7-8-24-16)19(27)26-14-4-2-1-3-12(14)10-23/h1-9H,(H,24,25)(H,26,27). The second kappa shape index (κ2) is 7.58. The van der Waals surface area contributed by atoms with Crippen LogP contribution in [0.15, 0.2) is 54.7 Å². The molecule has 3 rings (SSSR count). The van der Waals surface area contributed by atoms with E-state index in [-0.39, 0.29) is 17.1 Å². The number of anilines is 3. The van der Waals surface area contributed by atoms with E-state index in [0.29, 0.717) is 11.3 Å². The number of hydrogen-bond donors (Lipinski definition) is 2. The summed E-state index contributed by atoms with van der Waals surface area (Å²) in [5, 5.41) is 14.2. The molecule has 1 amide bonds. The van der Waals surface area contributed by atoms with Crippen LogP contribution in [0.5, 0.6) is 0 Å². The lowest BCUT2D eigenvalue weighted by Gasteiger charge is -2.10. The second-order valence-corrected chi connectivity index (χ2v) is 5.39. The van der Waals surface area contributed by atoms with Gasteiger partial charge in [-0.15, -0.1) is 0 Å². The Bertz CT molecular complexity index is 1060. The Morgan fingerprint density at radius 3 is 2.56 bits per heavy atom. The third kappa shape index (κ3) is 3.88. The summed E-state index contributed by atoms with van der Waals surface area (Å²) < 4.78 is 40.1. The summed E-state index contributed by atoms with van der Waals surface area (Å²) in [5.74, 6) is -4.78. The molecular weight excluding hydrogens is 357 g/mol. The summed E-state index contributed by atoms with van der Waals surface area (Å²) in [5.41, 5.74) is 0.474. The van der Waals surface area contributed by atoms with Crippen molar-refractivity contribution in [2.75, 3.05) is 10.6 Å². The normalized spacial score (nSPS) is 10.1. The quantitative estimate of drug-likeness (QED) is 0.671. The Morgan fingerprint density at radius 2 is 1.78 bits per heavy atom. The highest BCUT2D eigenvalue weighted by Gasteiger charge is 2.15. The Hall–Kier alpha value is -3.86. The number of benzene rings is 2. The van der Waals surface area contributed by atoms with Gasteiger partial charge in [-0.25, -0.2) is 18.2 Å². The highest BCUT2D eigenvalue weighted by molar-refractivity contribution is 6.05. The molecule has 0 aliphatic rings. The second-order valence-electron chi connectivity index (χ2n) is 5.39. The van der Waals surface area contributed by atoms with E-state index in [1.165, 1.54) is 18.3 Å². The fourth-order valence-electron chi connectivity index (χ4n) is 2.28. The van der Waals surface area contributed by atoms with Gasteiger partial charge in [-0.05, 0) is 36.4 Å². The fraction of sp³-hybridized carbons (Fsp3) is 0. The van der Waals surface area contributed by atoms with Crippen molar-refractivity contribution < 1.29 is 18.0 Å². The van der Waals surface area contributed by atoms with Crippen molar-refractivity contribution in [3.63, 3.8) is 0 Å². The van der Waals surface area contributed by atoms with Crippen LogP contribution >= 0.6 is 0 Å². The number of rotatable bonds is 4. The van der Waals surface area contributed by atoms with Crippen LogP contribution in [0.4, 0.5) is 30.4 Å². The zero-order valence-corrected chi connectivity index (χ0v) is 13.6. The van der Waals surface area contributed by atoms with Crippen LogP contribution < -0.4 is 10.6 Å². The van der Waals surface area contributed by atoms with Gasteiger partial charge in [0.1, 0.15) is 11.9 Å². The van der Waals surface area contributed by atoms with Gasteiger partial charge in [0.25, 0.3) is 5.91 Å². The van der Waals surface area contributed by atoms with Crippen molar-refractivity contribution in [3.8, 4) is 6.07 Å². The van der Waals surface area contributed by atoms with Crippen LogP contribution in [0, 0.1) is 28.8 Å². The Kier molecular flexibility index (Phi) is 5.04. The minimum Gasteiger partial charge on any atom is -0.338 e. The molecule has 0 saturated heterocycles. The first-order valence-electron chi connectivity index (χ1n) is 7.66. The molecule has 1 heterocycles. The van der Waals surface area contributed by atoms with E-state index in [1.807, 2.05) is 6.07 Å². The molecule has 134 valence electrons. The number of amides is 1. The molecule has 2 N–H and O–H groups in total. The largest absolute Gasteiger partial charge is 0.338 e. The zero-order chi connectivity index (χ0) is 19.4. The summed E-state index contributed by atoms with van der Waals surface area (Å²) in [7, 11) is 0. The van der Waals surface area contributed by atoms with Crippen molar-refractivity contribution in [1.29, 1.82) is 5.26 Å². The summed E-state index contributed by atoms with van der Waals surface area (Å²) in [6.07, 6.45) is 1.30. The van der Waals surface area contributed by atoms with Crippen molar-refractivity contribution in [1.82, 2.24) is 4.98 Å². The molecule has 5 nitrogen and oxygen atoms in total. The van der Waals surface area contributed by atoms with Crippen molar-refractivity contribution in [2.24, 2.45) is 0 Å². The summed E-state index contributed by atoms with van der Waals surface area (Å²) in [6, 6.07) is 13.0. The molecule has 0 fully saturated rings. The topological polar surface area (TPSA) is 77.8 Å². The first kappa shape index (κ1) is 17.9. The monoisotopic (exact) mass is 368 g/mol. The van der Waals surface area contributed by atoms with Gasteiger partial charge in [-0.3, -0.25) is 4.79 Å². The maximum absolute atomic E-state index is 13.8. The van der Waals surface area contributed by atoms with Gasteiger partial charge in [0.05, 0.1) is 16.9 Å². The predicted molar refractivity (Wildman–Crippen MR) is 92.9 cm³/mol. The van der Waals surface area contributed by atoms with Crippen LogP contribution in [0.2, 0.25) is 0 Å². The van der Waals surface area contributed by atoms with Crippen LogP contribution in [0.1, 0.15) is 15.9 Å². The molecule has 0 spiro atoms. The molecule has 0 radical (unpaired) electrons. The van der Waals surface area contributed by atoms with Crippen molar-refractivity contribution >= 4 is 23.1 Å². The van der Waals surface area contributed by atoms with Gasteiger partial charge < -0.3 is 10.6 Å². The van der Waals surface area contributed by atoms with Crippen LogP contribution in [0.25, 0.3) is 0 Å². The van der Waals surface area contributed by atoms with Crippen molar-refractivity contribution in [3.05, 3.63) is 83.3 Å². The molecule has 2 aromatic carbocycles. The number of hydrogen-bond acceptors (Lipinski definition) is 4. The molecule has 0 bridgehead atoms. The Morgan fingerprint density at radius 1 is 1.00 bits per heavy atom. The Labute approximate surface area is 152 Å². The minimum atomic E-state index is -1.61. The molecular formula is C19H11F3N4O. The number of carbonyl (C=O) groups excluding carboxylic acids is 1. The van der Waals surface area contributed by atoms with E-state index < -0.39 is 23.4 Å². The average Bonchev–Trinajstić information content (AvgIpc) is 2.69. The number of nitrogens with one attached hydrogen (secondary N) is 2. The van der Waals surface area contributed by atoms with E-state index in [0.717, 1.165) is 12.1 Å². The van der Waals surface area contributed by atoms with Gasteiger partial charge in [-0.1, -0.05) is 12.1 Å². The molecule has 0 atom stereocenters. The molecule has 8 heteroatoms. The Balaban J connectivity index is 1.82. The number of aromatic nitrogens is 1. The lowest BCUT2D eigenvalue weighted by molar-refractivity contribution is 0.102. The van der Waals surface area contributed by atoms with Gasteiger partial charge in [0.2, 0.25) is 0 Å². The van der Waals surface area contributed by atoms with Gasteiger partial charge >= 0.3 is 0 Å². The highest BCUT2D eigenvalue weighted by Crippen LogP contribution is 2.23. The van der Waals surface area contributed by atoms with E-state index in [1.54, 1.807) is 24.3 Å². The molecule has 0 aliphatic heterocycles. The van der Waals surface area contributed by atoms with E-state index >= 15 is 0 Å². The van der Waals surface area contributed by atoms with E-state index in [4.69, 9.17) is 5.26 Å². The molecule has 0 unspecified atom stereocenters. The SMILES string of the molecule is N#Cc1ccccc1NC(=O)c1ccnc(Nc2ccc(F)c(F)c2F)c1. The van der Waals surface area contributed by atoms with E-state index in [2.05, 4.69) is 15.6 Å². The van der Waals surface area contributed by atoms with Crippen LogP contribution in [-0.2, 0) is 0 Å². The highest BCUT2D eigenvalue weighted by atomic mass is 19.2. The summed E-state index contributed by atoms with van der Waals surface area (Å²) in [4.78, 5) is 16.3. The molecule has 3 aromatic rings. The zero-order valence-electron chi connectivity index (χ0n) is 13.6. The molecule has 0 saturated carbocycles. The number of halogens is 3. The maximum Gasteiger partial charge on any atom is 0.255 e. The molecule has 0 aliphatic carbocycles. The van der Waals surface area contributed by atoms with E-state index in [9.17, 15) is 18.0 Å². The molecule has 27 heavy (non-hydrogen) atoms. The van der Waals surface area contributed by atoms with Crippen LogP contribution in [0.3, 0.4) is 0 Å². The van der Waals surface area contributed by atoms with Gasteiger partial charge in [0, 0.05) is 11.8 Å². The first-order chi connectivity index (χ1) is 13.0. The van der Waals surface area contributed by atoms with Crippen LogP contribution in [-0.4, -0.2) is 10.9 Å². The lowest BCUT2D eigenvalue weighted by atomic mass is 10.1. The minimum absolute atomic E-state index is 0.0566. The smallest absolute Gasteiger partial charge is 0.255 e. The van der Waals surface area contributed by atoms with Gasteiger partial charge in [0.15, 0.2) is 17.5 Å². The number of nitrogens with zero attached hydrogens (tertiary/aromatic N) is 2. The van der Waals surface area contributed by atoms with Gasteiger partial charge in [-0.2, -0.15) is 5.26 Å². The lowest BCUT2D eigenvalue weighted by Crippen LogP contribution is -2.13. The van der Waals surface area contributed by atoms with Crippen molar-refractivity contribution in [2.45, 2.75) is 0 Å². The fourth-order valence-corrected chi connectivity index (χ4v) is 2.28. The average molecular weight is 368 g/mol. The maximum atomic E-state index is 13.8. The third-order valence-corrected chi connectivity index (χ3v) is 3.62. The number of nitriles is 1.